The molecule has 0 bridgehead atoms. The van der Waals surface area contributed by atoms with Crippen LogP contribution in [-0.4, -0.2) is 50.9 Å². The van der Waals surface area contributed by atoms with Gasteiger partial charge in [0, 0.05) is 37.4 Å². The summed E-state index contributed by atoms with van der Waals surface area (Å²) in [6.07, 6.45) is 1.72. The Kier molecular flexibility index (Phi) is 5.39. The second kappa shape index (κ2) is 7.95. The van der Waals surface area contributed by atoms with Crippen LogP contribution in [0.15, 0.2) is 54.1 Å². The van der Waals surface area contributed by atoms with Gasteiger partial charge in [0.05, 0.1) is 18.1 Å². The molecule has 0 atom stereocenters. The van der Waals surface area contributed by atoms with Crippen LogP contribution in [0, 0.1) is 10.1 Å². The number of halogens is 2. The third-order valence-electron chi connectivity index (χ3n) is 4.94. The highest BCUT2D eigenvalue weighted by Crippen LogP contribution is 2.29. The predicted molar refractivity (Wildman–Crippen MR) is 107 cm³/mol. The SMILES string of the molecule is O=[N+]([O-])C1=C2N(Cc3ccc(Cl)nc3)CCN2CN(Cc2ccc(Cl)cc2)C1. The Labute approximate surface area is 172 Å². The molecular formula is C19H19Cl2N5O2. The van der Waals surface area contributed by atoms with Gasteiger partial charge in [0.15, 0.2) is 5.82 Å². The van der Waals surface area contributed by atoms with E-state index in [-0.39, 0.29) is 10.6 Å². The summed E-state index contributed by atoms with van der Waals surface area (Å²) >= 11 is 11.8. The minimum Gasteiger partial charge on any atom is -0.347 e. The van der Waals surface area contributed by atoms with E-state index < -0.39 is 0 Å². The first-order valence-electron chi connectivity index (χ1n) is 8.94. The molecule has 1 aromatic carbocycles. The second-order valence-electron chi connectivity index (χ2n) is 6.96. The molecule has 0 N–H and O–H groups in total. The van der Waals surface area contributed by atoms with Gasteiger partial charge in [-0.2, -0.15) is 0 Å². The molecule has 0 saturated carbocycles. The van der Waals surface area contributed by atoms with Crippen molar-refractivity contribution in [2.24, 2.45) is 0 Å². The van der Waals surface area contributed by atoms with Crippen LogP contribution in [0.25, 0.3) is 0 Å². The lowest BCUT2D eigenvalue weighted by Gasteiger charge is -2.34. The molecule has 3 heterocycles. The number of benzene rings is 1. The second-order valence-corrected chi connectivity index (χ2v) is 7.78. The van der Waals surface area contributed by atoms with Crippen LogP contribution in [-0.2, 0) is 13.1 Å². The minimum atomic E-state index is -0.255. The van der Waals surface area contributed by atoms with Gasteiger partial charge in [0.25, 0.3) is 5.70 Å². The first-order valence-corrected chi connectivity index (χ1v) is 9.70. The Hall–Kier alpha value is -2.35. The van der Waals surface area contributed by atoms with Crippen LogP contribution in [0.2, 0.25) is 10.2 Å². The van der Waals surface area contributed by atoms with E-state index in [9.17, 15) is 10.1 Å². The summed E-state index contributed by atoms with van der Waals surface area (Å²) in [5, 5.41) is 12.9. The average molecular weight is 420 g/mol. The van der Waals surface area contributed by atoms with Crippen LogP contribution in [0.3, 0.4) is 0 Å². The van der Waals surface area contributed by atoms with Crippen molar-refractivity contribution in [1.82, 2.24) is 19.7 Å². The predicted octanol–water partition coefficient (Wildman–Crippen LogP) is 3.43. The van der Waals surface area contributed by atoms with Gasteiger partial charge >= 0.3 is 0 Å². The topological polar surface area (TPSA) is 65.8 Å². The molecule has 0 spiro atoms. The van der Waals surface area contributed by atoms with Gasteiger partial charge in [0.2, 0.25) is 0 Å². The van der Waals surface area contributed by atoms with E-state index in [1.54, 1.807) is 12.3 Å². The monoisotopic (exact) mass is 419 g/mol. The zero-order valence-corrected chi connectivity index (χ0v) is 16.6. The zero-order chi connectivity index (χ0) is 19.7. The fraction of sp³-hybridized carbons (Fsp3) is 0.316. The van der Waals surface area contributed by atoms with Crippen LogP contribution in [0.1, 0.15) is 11.1 Å². The number of nitro groups is 1. The first kappa shape index (κ1) is 19.0. The molecule has 9 heteroatoms. The number of fused-ring (bicyclic) bond motifs is 1. The number of pyridine rings is 1. The molecule has 1 aromatic heterocycles. The van der Waals surface area contributed by atoms with Gasteiger partial charge < -0.3 is 9.80 Å². The van der Waals surface area contributed by atoms with E-state index in [4.69, 9.17) is 23.2 Å². The summed E-state index contributed by atoms with van der Waals surface area (Å²) in [5.41, 5.74) is 2.29. The standard InChI is InChI=1S/C19H19Cl2N5O2/c20-16-4-1-14(2-5-16)10-23-12-17(26(27)28)19-24(7-8-25(19)13-23)11-15-3-6-18(21)22-9-15/h1-6,9H,7-8,10-13H2. The largest absolute Gasteiger partial charge is 0.347 e. The van der Waals surface area contributed by atoms with Crippen molar-refractivity contribution in [3.8, 4) is 0 Å². The van der Waals surface area contributed by atoms with Crippen molar-refractivity contribution in [2.75, 3.05) is 26.3 Å². The van der Waals surface area contributed by atoms with Gasteiger partial charge in [0.1, 0.15) is 5.15 Å². The quantitative estimate of drug-likeness (QED) is 0.420. The lowest BCUT2D eigenvalue weighted by atomic mass is 10.2. The Bertz CT molecular complexity index is 902. The molecule has 2 aliphatic rings. The van der Waals surface area contributed by atoms with Crippen molar-refractivity contribution in [3.63, 3.8) is 0 Å². The summed E-state index contributed by atoms with van der Waals surface area (Å²) in [6.45, 7) is 3.67. The van der Waals surface area contributed by atoms with Crippen molar-refractivity contribution < 1.29 is 4.92 Å². The molecule has 146 valence electrons. The number of rotatable bonds is 5. The summed E-state index contributed by atoms with van der Waals surface area (Å²) in [5.74, 6) is 0.715. The molecule has 4 rings (SSSR count). The Morgan fingerprint density at radius 2 is 1.79 bits per heavy atom. The molecule has 0 unspecified atom stereocenters. The minimum absolute atomic E-state index is 0.236. The highest BCUT2D eigenvalue weighted by molar-refractivity contribution is 6.30. The zero-order valence-electron chi connectivity index (χ0n) is 15.1. The molecule has 1 saturated heterocycles. The van der Waals surface area contributed by atoms with Crippen molar-refractivity contribution >= 4 is 23.2 Å². The van der Waals surface area contributed by atoms with Gasteiger partial charge in [-0.05, 0) is 29.3 Å². The van der Waals surface area contributed by atoms with Crippen LogP contribution < -0.4 is 0 Å². The number of hydrogen-bond acceptors (Lipinski definition) is 6. The fourth-order valence-electron chi connectivity index (χ4n) is 3.70. The molecule has 2 aromatic rings. The van der Waals surface area contributed by atoms with E-state index in [0.717, 1.165) is 24.2 Å². The number of aromatic nitrogens is 1. The lowest BCUT2D eigenvalue weighted by molar-refractivity contribution is -0.433. The van der Waals surface area contributed by atoms with E-state index in [2.05, 4.69) is 19.7 Å². The summed E-state index contributed by atoms with van der Waals surface area (Å²) in [7, 11) is 0. The van der Waals surface area contributed by atoms with Crippen molar-refractivity contribution in [2.45, 2.75) is 13.1 Å². The Morgan fingerprint density at radius 1 is 1.04 bits per heavy atom. The Morgan fingerprint density at radius 3 is 2.46 bits per heavy atom. The maximum Gasteiger partial charge on any atom is 0.300 e. The average Bonchev–Trinajstić information content (AvgIpc) is 3.07. The van der Waals surface area contributed by atoms with E-state index in [1.807, 2.05) is 30.3 Å². The third-order valence-corrected chi connectivity index (χ3v) is 5.42. The molecule has 0 radical (unpaired) electrons. The highest BCUT2D eigenvalue weighted by Gasteiger charge is 2.39. The highest BCUT2D eigenvalue weighted by atomic mass is 35.5. The fourth-order valence-corrected chi connectivity index (χ4v) is 3.94. The van der Waals surface area contributed by atoms with Gasteiger partial charge in [-0.25, -0.2) is 4.98 Å². The molecule has 0 aliphatic carbocycles. The molecule has 1 fully saturated rings. The van der Waals surface area contributed by atoms with Crippen LogP contribution in [0.5, 0.6) is 0 Å². The van der Waals surface area contributed by atoms with E-state index in [0.29, 0.717) is 42.3 Å². The Balaban J connectivity index is 1.54. The van der Waals surface area contributed by atoms with Gasteiger partial charge in [-0.1, -0.05) is 41.4 Å². The van der Waals surface area contributed by atoms with Crippen LogP contribution in [0.4, 0.5) is 0 Å². The molecule has 7 nitrogen and oxygen atoms in total. The van der Waals surface area contributed by atoms with E-state index >= 15 is 0 Å². The maximum atomic E-state index is 11.8. The molecule has 28 heavy (non-hydrogen) atoms. The van der Waals surface area contributed by atoms with Crippen molar-refractivity contribution in [3.05, 3.63) is 85.5 Å². The summed E-state index contributed by atoms with van der Waals surface area (Å²) in [4.78, 5) is 21.9. The number of nitrogens with zero attached hydrogens (tertiary/aromatic N) is 5. The molecule has 2 aliphatic heterocycles. The van der Waals surface area contributed by atoms with Gasteiger partial charge in [-0.3, -0.25) is 15.0 Å². The first-order chi connectivity index (χ1) is 13.5. The molecular weight excluding hydrogens is 401 g/mol. The van der Waals surface area contributed by atoms with Crippen molar-refractivity contribution in [1.29, 1.82) is 0 Å². The summed E-state index contributed by atoms with van der Waals surface area (Å²) in [6, 6.07) is 11.2. The third kappa shape index (κ3) is 4.06. The smallest absolute Gasteiger partial charge is 0.300 e. The molecule has 0 amide bonds. The van der Waals surface area contributed by atoms with Gasteiger partial charge in [-0.15, -0.1) is 0 Å². The maximum absolute atomic E-state index is 11.8. The lowest BCUT2D eigenvalue weighted by Crippen LogP contribution is -2.44. The van der Waals surface area contributed by atoms with E-state index in [1.165, 1.54) is 0 Å². The number of hydrogen-bond donors (Lipinski definition) is 0. The van der Waals surface area contributed by atoms with Crippen LogP contribution >= 0.6 is 23.2 Å². The normalized spacial score (nSPS) is 17.2. The summed E-state index contributed by atoms with van der Waals surface area (Å²) < 4.78 is 0.